The first-order valence-corrected chi connectivity index (χ1v) is 9.62. The summed E-state index contributed by atoms with van der Waals surface area (Å²) < 4.78 is 7.04. The lowest BCUT2D eigenvalue weighted by molar-refractivity contribution is -0.150. The summed E-state index contributed by atoms with van der Waals surface area (Å²) in [7, 11) is 0. The first-order valence-electron chi connectivity index (χ1n) is 9.62. The van der Waals surface area contributed by atoms with Crippen molar-refractivity contribution >= 4 is 11.6 Å². The van der Waals surface area contributed by atoms with Crippen LogP contribution in [0.1, 0.15) is 37.1 Å². The molecule has 0 aliphatic heterocycles. The zero-order valence-electron chi connectivity index (χ0n) is 16.6. The van der Waals surface area contributed by atoms with Crippen LogP contribution in [-0.4, -0.2) is 15.4 Å². The van der Waals surface area contributed by atoms with E-state index in [1.807, 2.05) is 43.3 Å². The molecule has 0 bridgehead atoms. The van der Waals surface area contributed by atoms with Gasteiger partial charge in [0.1, 0.15) is 12.3 Å². The number of fused-ring (bicyclic) bond motifs is 1. The molecular weight excluding hydrogens is 352 g/mol. The summed E-state index contributed by atoms with van der Waals surface area (Å²) in [6.45, 7) is 6.11. The quantitative estimate of drug-likeness (QED) is 0.584. The van der Waals surface area contributed by atoms with Crippen LogP contribution in [0.2, 0.25) is 0 Å². The van der Waals surface area contributed by atoms with Crippen LogP contribution >= 0.6 is 0 Å². The van der Waals surface area contributed by atoms with E-state index in [1.165, 1.54) is 10.5 Å². The van der Waals surface area contributed by atoms with Crippen molar-refractivity contribution in [2.24, 2.45) is 11.8 Å². The number of aromatic nitrogens is 2. The third-order valence-corrected chi connectivity index (χ3v) is 4.64. The first-order chi connectivity index (χ1) is 13.4. The Labute approximate surface area is 165 Å². The molecule has 2 heterocycles. The normalized spacial score (nSPS) is 12.3. The number of benzene rings is 1. The summed E-state index contributed by atoms with van der Waals surface area (Å²) in [4.78, 5) is 29.5. The van der Waals surface area contributed by atoms with Gasteiger partial charge in [0.05, 0.1) is 11.6 Å². The Kier molecular flexibility index (Phi) is 6.24. The maximum atomic E-state index is 12.7. The summed E-state index contributed by atoms with van der Waals surface area (Å²) in [5.41, 5.74) is 2.93. The number of carbonyl (C=O) groups is 1. The second-order valence-corrected chi connectivity index (χ2v) is 7.64. The van der Waals surface area contributed by atoms with Gasteiger partial charge in [-0.15, -0.1) is 0 Å². The fraction of sp³-hybridized carbons (Fsp3) is 0.348. The Hall–Kier alpha value is -2.95. The molecule has 5 heteroatoms. The number of nitrogens with zero attached hydrogens (tertiary/aromatic N) is 2. The van der Waals surface area contributed by atoms with Gasteiger partial charge in [-0.25, -0.2) is 4.98 Å². The molecule has 3 aromatic rings. The zero-order valence-corrected chi connectivity index (χ0v) is 16.6. The molecule has 28 heavy (non-hydrogen) atoms. The Balaban J connectivity index is 1.72. The van der Waals surface area contributed by atoms with Crippen molar-refractivity contribution in [2.45, 2.75) is 40.2 Å². The largest absolute Gasteiger partial charge is 0.459 e. The van der Waals surface area contributed by atoms with Crippen molar-refractivity contribution in [3.63, 3.8) is 0 Å². The molecule has 0 aliphatic rings. The van der Waals surface area contributed by atoms with Crippen molar-refractivity contribution in [3.05, 3.63) is 81.9 Å². The second kappa shape index (κ2) is 8.83. The Bertz CT molecular complexity index is 1010. The van der Waals surface area contributed by atoms with Gasteiger partial charge in [-0.1, -0.05) is 50.2 Å². The van der Waals surface area contributed by atoms with Gasteiger partial charge in [0.2, 0.25) is 0 Å². The summed E-state index contributed by atoms with van der Waals surface area (Å²) in [6.07, 6.45) is 3.14. The van der Waals surface area contributed by atoms with Crippen LogP contribution in [-0.2, 0) is 22.6 Å². The molecule has 0 spiro atoms. The van der Waals surface area contributed by atoms with E-state index in [4.69, 9.17) is 4.74 Å². The zero-order chi connectivity index (χ0) is 20.1. The Morgan fingerprint density at radius 2 is 1.89 bits per heavy atom. The molecule has 0 aliphatic carbocycles. The predicted molar refractivity (Wildman–Crippen MR) is 109 cm³/mol. The van der Waals surface area contributed by atoms with Gasteiger partial charge in [-0.3, -0.25) is 14.0 Å². The third-order valence-electron chi connectivity index (χ3n) is 4.64. The molecule has 1 unspecified atom stereocenters. The molecule has 5 nitrogen and oxygen atoms in total. The lowest BCUT2D eigenvalue weighted by Crippen LogP contribution is -2.23. The van der Waals surface area contributed by atoms with Crippen LogP contribution in [0.4, 0.5) is 0 Å². The molecular formula is C23H26N2O3. The monoisotopic (exact) mass is 378 g/mol. The molecule has 2 aromatic heterocycles. The van der Waals surface area contributed by atoms with Crippen molar-refractivity contribution < 1.29 is 9.53 Å². The standard InChI is InChI=1S/C23H26N2O3/c1-16(2)11-19(12-18-7-5-4-6-8-18)23(27)28-15-20-13-22(26)25-14-17(3)9-10-21(25)24-20/h4-10,13-14,16,19H,11-12,15H2,1-3H3. The minimum absolute atomic E-state index is 0.00182. The fourth-order valence-electron chi connectivity index (χ4n) is 3.33. The van der Waals surface area contributed by atoms with Crippen LogP contribution in [0.25, 0.3) is 5.65 Å². The molecule has 0 N–H and O–H groups in total. The average Bonchev–Trinajstić information content (AvgIpc) is 2.66. The molecule has 0 saturated carbocycles. The highest BCUT2D eigenvalue weighted by molar-refractivity contribution is 5.72. The predicted octanol–water partition coefficient (Wildman–Crippen LogP) is 3.95. The summed E-state index contributed by atoms with van der Waals surface area (Å²) in [6, 6.07) is 15.1. The number of ether oxygens (including phenoxy) is 1. The molecule has 1 atom stereocenters. The van der Waals surface area contributed by atoms with E-state index in [1.54, 1.807) is 12.3 Å². The van der Waals surface area contributed by atoms with Gasteiger partial charge in [-0.05, 0) is 42.9 Å². The van der Waals surface area contributed by atoms with Crippen molar-refractivity contribution in [2.75, 3.05) is 0 Å². The van der Waals surface area contributed by atoms with Gasteiger partial charge < -0.3 is 4.74 Å². The van der Waals surface area contributed by atoms with E-state index in [2.05, 4.69) is 18.8 Å². The Morgan fingerprint density at radius 3 is 2.61 bits per heavy atom. The number of hydrogen-bond acceptors (Lipinski definition) is 4. The summed E-state index contributed by atoms with van der Waals surface area (Å²) in [5, 5.41) is 0. The number of aryl methyl sites for hydroxylation is 1. The highest BCUT2D eigenvalue weighted by atomic mass is 16.5. The van der Waals surface area contributed by atoms with E-state index in [0.29, 0.717) is 23.7 Å². The summed E-state index contributed by atoms with van der Waals surface area (Å²) >= 11 is 0. The van der Waals surface area contributed by atoms with E-state index in [0.717, 1.165) is 17.5 Å². The lowest BCUT2D eigenvalue weighted by Gasteiger charge is -2.18. The SMILES string of the molecule is Cc1ccc2nc(COC(=O)C(Cc3ccccc3)CC(C)C)cc(=O)n2c1. The number of rotatable bonds is 7. The maximum Gasteiger partial charge on any atom is 0.309 e. The van der Waals surface area contributed by atoms with Crippen molar-refractivity contribution in [3.8, 4) is 0 Å². The minimum Gasteiger partial charge on any atom is -0.459 e. The molecule has 0 amide bonds. The van der Waals surface area contributed by atoms with Gasteiger partial charge in [0.25, 0.3) is 5.56 Å². The first kappa shape index (κ1) is 19.8. The molecule has 3 rings (SSSR count). The smallest absolute Gasteiger partial charge is 0.309 e. The molecule has 0 saturated heterocycles. The highest BCUT2D eigenvalue weighted by Gasteiger charge is 2.22. The number of hydrogen-bond donors (Lipinski definition) is 0. The Morgan fingerprint density at radius 1 is 1.14 bits per heavy atom. The minimum atomic E-state index is -0.247. The van der Waals surface area contributed by atoms with Crippen molar-refractivity contribution in [1.29, 1.82) is 0 Å². The van der Waals surface area contributed by atoms with Crippen molar-refractivity contribution in [1.82, 2.24) is 9.38 Å². The number of esters is 1. The molecule has 0 fully saturated rings. The topological polar surface area (TPSA) is 60.7 Å². The van der Waals surface area contributed by atoms with Crippen LogP contribution in [0, 0.1) is 18.8 Å². The molecule has 146 valence electrons. The van der Waals surface area contributed by atoms with Crippen LogP contribution in [0.5, 0.6) is 0 Å². The molecule has 0 radical (unpaired) electrons. The van der Waals surface area contributed by atoms with Crippen LogP contribution in [0.15, 0.2) is 59.5 Å². The van der Waals surface area contributed by atoms with E-state index in [9.17, 15) is 9.59 Å². The van der Waals surface area contributed by atoms with Gasteiger partial charge >= 0.3 is 5.97 Å². The van der Waals surface area contributed by atoms with Crippen LogP contribution in [0.3, 0.4) is 0 Å². The molecule has 1 aromatic carbocycles. The van der Waals surface area contributed by atoms with Crippen LogP contribution < -0.4 is 5.56 Å². The number of pyridine rings is 1. The van der Waals surface area contributed by atoms with E-state index < -0.39 is 0 Å². The van der Waals surface area contributed by atoms with Gasteiger partial charge in [0.15, 0.2) is 0 Å². The van der Waals surface area contributed by atoms with Gasteiger partial charge in [-0.2, -0.15) is 0 Å². The van der Waals surface area contributed by atoms with E-state index >= 15 is 0 Å². The summed E-state index contributed by atoms with van der Waals surface area (Å²) in [5.74, 6) is -0.0806. The third kappa shape index (κ3) is 5.06. The highest BCUT2D eigenvalue weighted by Crippen LogP contribution is 2.19. The van der Waals surface area contributed by atoms with E-state index in [-0.39, 0.29) is 24.1 Å². The lowest BCUT2D eigenvalue weighted by atomic mass is 9.91. The fourth-order valence-corrected chi connectivity index (χ4v) is 3.33. The van der Waals surface area contributed by atoms with Gasteiger partial charge in [0, 0.05) is 12.3 Å². The second-order valence-electron chi connectivity index (χ2n) is 7.64. The number of carbonyl (C=O) groups excluding carboxylic acids is 1. The maximum absolute atomic E-state index is 12.7. The average molecular weight is 378 g/mol.